The molecule has 0 atom stereocenters. The molecule has 134 valence electrons. The van der Waals surface area contributed by atoms with Gasteiger partial charge in [0.2, 0.25) is 0 Å². The molecule has 0 saturated heterocycles. The number of carbonyl (C=O) groups is 1. The number of carbonyl (C=O) groups excluding carboxylic acids is 1. The summed E-state index contributed by atoms with van der Waals surface area (Å²) in [5.41, 5.74) is 1.29. The predicted octanol–water partition coefficient (Wildman–Crippen LogP) is 4.07. The molecule has 0 aromatic heterocycles. The number of nitrogens with one attached hydrogen (secondary N) is 1. The summed E-state index contributed by atoms with van der Waals surface area (Å²) in [6, 6.07) is 10.7. The Morgan fingerprint density at radius 2 is 1.84 bits per heavy atom. The van der Waals surface area contributed by atoms with Gasteiger partial charge in [-0.05, 0) is 32.0 Å². The maximum absolute atomic E-state index is 12.5. The third kappa shape index (κ3) is 4.79. The molecule has 0 unspecified atom stereocenters. The molecule has 0 aliphatic rings. The van der Waals surface area contributed by atoms with E-state index in [1.165, 1.54) is 14.2 Å². The average molecular weight is 364 g/mol. The SMILES string of the molecule is COc1cc(C(=O)NCc2ccccc2OC(C)C)cc(Cl)c1OC. The standard InChI is InChI=1S/C19H22ClNO4/c1-12(2)25-16-8-6-5-7-13(16)11-21-19(22)14-9-15(20)18(24-4)17(10-14)23-3/h5-10,12H,11H2,1-4H3,(H,21,22). The largest absolute Gasteiger partial charge is 0.493 e. The van der Waals surface area contributed by atoms with Crippen LogP contribution in [0.3, 0.4) is 0 Å². The number of benzene rings is 2. The van der Waals surface area contributed by atoms with Crippen molar-refractivity contribution in [2.24, 2.45) is 0 Å². The lowest BCUT2D eigenvalue weighted by atomic mass is 10.1. The van der Waals surface area contributed by atoms with Gasteiger partial charge in [0.15, 0.2) is 11.5 Å². The molecular weight excluding hydrogens is 342 g/mol. The molecule has 0 bridgehead atoms. The predicted molar refractivity (Wildman–Crippen MR) is 97.9 cm³/mol. The topological polar surface area (TPSA) is 56.8 Å². The number of amides is 1. The highest BCUT2D eigenvalue weighted by atomic mass is 35.5. The minimum Gasteiger partial charge on any atom is -0.493 e. The van der Waals surface area contributed by atoms with E-state index in [0.717, 1.165) is 11.3 Å². The lowest BCUT2D eigenvalue weighted by Gasteiger charge is -2.15. The van der Waals surface area contributed by atoms with Crippen LogP contribution in [0.5, 0.6) is 17.2 Å². The van der Waals surface area contributed by atoms with Crippen LogP contribution in [0.25, 0.3) is 0 Å². The Kier molecular flexibility index (Phi) is 6.53. The summed E-state index contributed by atoms with van der Waals surface area (Å²) in [6.07, 6.45) is 0.0570. The van der Waals surface area contributed by atoms with Gasteiger partial charge >= 0.3 is 0 Å². The summed E-state index contributed by atoms with van der Waals surface area (Å²) in [4.78, 5) is 12.5. The van der Waals surface area contributed by atoms with Crippen LogP contribution < -0.4 is 19.5 Å². The van der Waals surface area contributed by atoms with Gasteiger partial charge in [0.25, 0.3) is 5.91 Å². The molecule has 2 aromatic rings. The fourth-order valence-electron chi connectivity index (χ4n) is 2.35. The molecule has 2 rings (SSSR count). The molecule has 0 aliphatic heterocycles. The van der Waals surface area contributed by atoms with Gasteiger partial charge < -0.3 is 19.5 Å². The van der Waals surface area contributed by atoms with E-state index < -0.39 is 0 Å². The fraction of sp³-hybridized carbons (Fsp3) is 0.316. The van der Waals surface area contributed by atoms with Crippen LogP contribution in [0.1, 0.15) is 29.8 Å². The van der Waals surface area contributed by atoms with Crippen molar-refractivity contribution >= 4 is 17.5 Å². The summed E-state index contributed by atoms with van der Waals surface area (Å²) in [6.45, 7) is 4.26. The van der Waals surface area contributed by atoms with E-state index in [2.05, 4.69) is 5.32 Å². The highest BCUT2D eigenvalue weighted by Crippen LogP contribution is 2.36. The lowest BCUT2D eigenvalue weighted by molar-refractivity contribution is 0.0950. The molecule has 2 aromatic carbocycles. The third-order valence-electron chi connectivity index (χ3n) is 3.47. The summed E-state index contributed by atoms with van der Waals surface area (Å²) in [5, 5.41) is 3.19. The first-order chi connectivity index (χ1) is 12.0. The van der Waals surface area contributed by atoms with Crippen LogP contribution in [0.4, 0.5) is 0 Å². The van der Waals surface area contributed by atoms with Gasteiger partial charge in [-0.3, -0.25) is 4.79 Å². The Hall–Kier alpha value is -2.40. The first-order valence-electron chi connectivity index (χ1n) is 7.90. The number of para-hydroxylation sites is 1. The molecule has 0 spiro atoms. The summed E-state index contributed by atoms with van der Waals surface area (Å²) < 4.78 is 16.2. The average Bonchev–Trinajstić information content (AvgIpc) is 2.59. The molecule has 5 nitrogen and oxygen atoms in total. The molecule has 25 heavy (non-hydrogen) atoms. The highest BCUT2D eigenvalue weighted by molar-refractivity contribution is 6.32. The maximum Gasteiger partial charge on any atom is 0.251 e. The zero-order valence-corrected chi connectivity index (χ0v) is 15.5. The Morgan fingerprint density at radius 1 is 1.12 bits per heavy atom. The van der Waals surface area contributed by atoms with E-state index in [1.54, 1.807) is 12.1 Å². The molecular formula is C19H22ClNO4. The van der Waals surface area contributed by atoms with Crippen molar-refractivity contribution in [1.82, 2.24) is 5.32 Å². The monoisotopic (exact) mass is 363 g/mol. The first kappa shape index (κ1) is 18.9. The molecule has 0 fully saturated rings. The van der Waals surface area contributed by atoms with Crippen molar-refractivity contribution in [3.8, 4) is 17.2 Å². The van der Waals surface area contributed by atoms with E-state index in [-0.39, 0.29) is 12.0 Å². The van der Waals surface area contributed by atoms with Gasteiger partial charge in [-0.25, -0.2) is 0 Å². The second kappa shape index (κ2) is 8.62. The molecule has 6 heteroatoms. The number of hydrogen-bond donors (Lipinski definition) is 1. The van der Waals surface area contributed by atoms with Crippen molar-refractivity contribution in [3.63, 3.8) is 0 Å². The van der Waals surface area contributed by atoms with Gasteiger partial charge in [-0.2, -0.15) is 0 Å². The van der Waals surface area contributed by atoms with Crippen LogP contribution >= 0.6 is 11.6 Å². The van der Waals surface area contributed by atoms with Gasteiger partial charge in [0.05, 0.1) is 25.3 Å². The summed E-state index contributed by atoms with van der Waals surface area (Å²) in [7, 11) is 2.99. The van der Waals surface area contributed by atoms with Crippen molar-refractivity contribution < 1.29 is 19.0 Å². The first-order valence-corrected chi connectivity index (χ1v) is 8.28. The third-order valence-corrected chi connectivity index (χ3v) is 3.75. The lowest BCUT2D eigenvalue weighted by Crippen LogP contribution is -2.23. The number of ether oxygens (including phenoxy) is 3. The summed E-state index contributed by atoms with van der Waals surface area (Å²) >= 11 is 6.15. The highest BCUT2D eigenvalue weighted by Gasteiger charge is 2.15. The Morgan fingerprint density at radius 3 is 2.48 bits per heavy atom. The molecule has 1 amide bonds. The Bertz CT molecular complexity index is 746. The minimum absolute atomic E-state index is 0.0570. The van der Waals surface area contributed by atoms with Gasteiger partial charge in [-0.1, -0.05) is 29.8 Å². The molecule has 1 N–H and O–H groups in total. The van der Waals surface area contributed by atoms with Crippen molar-refractivity contribution in [2.45, 2.75) is 26.5 Å². The number of halogens is 1. The smallest absolute Gasteiger partial charge is 0.251 e. The zero-order valence-electron chi connectivity index (χ0n) is 14.8. The van der Waals surface area contributed by atoms with Crippen LogP contribution in [0.15, 0.2) is 36.4 Å². The maximum atomic E-state index is 12.5. The van der Waals surface area contributed by atoms with Crippen molar-refractivity contribution in [3.05, 3.63) is 52.5 Å². The second-order valence-electron chi connectivity index (χ2n) is 5.65. The Labute approximate surface area is 152 Å². The number of methoxy groups -OCH3 is 2. The summed E-state index contributed by atoms with van der Waals surface area (Å²) in [5.74, 6) is 1.30. The number of hydrogen-bond acceptors (Lipinski definition) is 4. The van der Waals surface area contributed by atoms with E-state index in [4.69, 9.17) is 25.8 Å². The van der Waals surface area contributed by atoms with E-state index >= 15 is 0 Å². The van der Waals surface area contributed by atoms with E-state index in [9.17, 15) is 4.79 Å². The molecule has 0 saturated carbocycles. The van der Waals surface area contributed by atoms with Gasteiger partial charge in [0.1, 0.15) is 5.75 Å². The minimum atomic E-state index is -0.262. The Balaban J connectivity index is 2.15. The van der Waals surface area contributed by atoms with Gasteiger partial charge in [-0.15, -0.1) is 0 Å². The molecule has 0 aliphatic carbocycles. The van der Waals surface area contributed by atoms with E-state index in [1.807, 2.05) is 38.1 Å². The molecule has 0 radical (unpaired) electrons. The molecule has 0 heterocycles. The van der Waals surface area contributed by atoms with Crippen molar-refractivity contribution in [2.75, 3.05) is 14.2 Å². The quantitative estimate of drug-likeness (QED) is 0.805. The fourth-order valence-corrected chi connectivity index (χ4v) is 2.63. The number of rotatable bonds is 7. The van der Waals surface area contributed by atoms with Gasteiger partial charge in [0, 0.05) is 17.7 Å². The normalized spacial score (nSPS) is 10.5. The van der Waals surface area contributed by atoms with Crippen molar-refractivity contribution in [1.29, 1.82) is 0 Å². The van der Waals surface area contributed by atoms with Crippen LogP contribution in [-0.4, -0.2) is 26.2 Å². The second-order valence-corrected chi connectivity index (χ2v) is 6.06. The van der Waals surface area contributed by atoms with Crippen LogP contribution in [-0.2, 0) is 6.54 Å². The zero-order chi connectivity index (χ0) is 18.4. The van der Waals surface area contributed by atoms with Crippen LogP contribution in [0.2, 0.25) is 5.02 Å². The van der Waals surface area contributed by atoms with Crippen LogP contribution in [0, 0.1) is 0 Å². The van der Waals surface area contributed by atoms with E-state index in [0.29, 0.717) is 28.6 Å².